The molecule has 4 nitrogen and oxygen atoms in total. The standard InChI is InChI=1S/C14H15FO4S/c1-20(17,18)13-3-2-6-14(13,16)12-8-9-7-10(15)4-5-11(9)19-12/h4-5,7-8,13,16H,2-3,6H2,1H3. The Bertz CT molecular complexity index is 765. The third-order valence-corrected chi connectivity index (χ3v) is 5.64. The fourth-order valence-electron chi connectivity index (χ4n) is 3.03. The van der Waals surface area contributed by atoms with Gasteiger partial charge >= 0.3 is 0 Å². The van der Waals surface area contributed by atoms with E-state index in [1.165, 1.54) is 24.3 Å². The molecule has 1 heterocycles. The lowest BCUT2D eigenvalue weighted by molar-refractivity contribution is 0.0267. The fourth-order valence-corrected chi connectivity index (χ4v) is 4.57. The van der Waals surface area contributed by atoms with Gasteiger partial charge in [0.25, 0.3) is 0 Å². The molecule has 0 saturated heterocycles. The highest BCUT2D eigenvalue weighted by molar-refractivity contribution is 7.91. The summed E-state index contributed by atoms with van der Waals surface area (Å²) < 4.78 is 42.4. The van der Waals surface area contributed by atoms with Gasteiger partial charge in [-0.2, -0.15) is 0 Å². The van der Waals surface area contributed by atoms with Crippen LogP contribution >= 0.6 is 0 Å². The van der Waals surface area contributed by atoms with Crippen molar-refractivity contribution in [1.82, 2.24) is 0 Å². The Balaban J connectivity index is 2.13. The predicted octanol–water partition coefficient (Wildman–Crippen LogP) is 2.36. The lowest BCUT2D eigenvalue weighted by Gasteiger charge is -2.26. The largest absolute Gasteiger partial charge is 0.458 e. The molecular weight excluding hydrogens is 283 g/mol. The maximum Gasteiger partial charge on any atom is 0.153 e. The molecule has 2 aromatic rings. The van der Waals surface area contributed by atoms with E-state index in [4.69, 9.17) is 4.42 Å². The van der Waals surface area contributed by atoms with Gasteiger partial charge in [-0.3, -0.25) is 0 Å². The molecule has 2 atom stereocenters. The molecule has 0 amide bonds. The summed E-state index contributed by atoms with van der Waals surface area (Å²) in [7, 11) is -3.39. The Morgan fingerprint density at radius 1 is 1.40 bits per heavy atom. The zero-order valence-electron chi connectivity index (χ0n) is 11.0. The predicted molar refractivity (Wildman–Crippen MR) is 72.6 cm³/mol. The zero-order chi connectivity index (χ0) is 14.5. The van der Waals surface area contributed by atoms with Gasteiger partial charge in [-0.05, 0) is 43.5 Å². The number of hydrogen-bond acceptors (Lipinski definition) is 4. The van der Waals surface area contributed by atoms with Crippen molar-refractivity contribution in [2.24, 2.45) is 0 Å². The van der Waals surface area contributed by atoms with Crippen molar-refractivity contribution in [2.45, 2.75) is 30.1 Å². The first-order chi connectivity index (χ1) is 9.30. The molecule has 1 aliphatic carbocycles. The molecule has 1 aliphatic rings. The first-order valence-electron chi connectivity index (χ1n) is 6.41. The van der Waals surface area contributed by atoms with Crippen molar-refractivity contribution in [3.05, 3.63) is 35.8 Å². The number of halogens is 1. The molecule has 3 rings (SSSR count). The van der Waals surface area contributed by atoms with Crippen LogP contribution in [0.25, 0.3) is 11.0 Å². The van der Waals surface area contributed by atoms with E-state index in [2.05, 4.69) is 0 Å². The van der Waals surface area contributed by atoms with Crippen molar-refractivity contribution in [3.8, 4) is 0 Å². The number of furan rings is 1. The number of sulfone groups is 1. The van der Waals surface area contributed by atoms with Crippen LogP contribution in [0.4, 0.5) is 4.39 Å². The minimum absolute atomic E-state index is 0.200. The molecule has 108 valence electrons. The number of rotatable bonds is 2. The Morgan fingerprint density at radius 2 is 2.15 bits per heavy atom. The highest BCUT2D eigenvalue weighted by Crippen LogP contribution is 2.44. The number of benzene rings is 1. The summed E-state index contributed by atoms with van der Waals surface area (Å²) in [6.07, 6.45) is 2.46. The smallest absolute Gasteiger partial charge is 0.153 e. The summed E-state index contributed by atoms with van der Waals surface area (Å²) >= 11 is 0. The van der Waals surface area contributed by atoms with Crippen LogP contribution in [0.2, 0.25) is 0 Å². The maximum absolute atomic E-state index is 13.2. The van der Waals surface area contributed by atoms with E-state index in [1.54, 1.807) is 0 Å². The molecule has 0 radical (unpaired) electrons. The molecule has 1 fully saturated rings. The maximum atomic E-state index is 13.2. The van der Waals surface area contributed by atoms with E-state index in [-0.39, 0.29) is 5.76 Å². The molecule has 6 heteroatoms. The Labute approximate surface area is 116 Å². The second-order valence-electron chi connectivity index (χ2n) is 5.43. The number of fused-ring (bicyclic) bond motifs is 1. The summed E-state index contributed by atoms with van der Waals surface area (Å²) in [5.41, 5.74) is -1.09. The summed E-state index contributed by atoms with van der Waals surface area (Å²) in [6, 6.07) is 5.57. The van der Waals surface area contributed by atoms with Crippen LogP contribution in [0.5, 0.6) is 0 Å². The molecule has 0 spiro atoms. The average molecular weight is 298 g/mol. The van der Waals surface area contributed by atoms with Crippen LogP contribution in [0.3, 0.4) is 0 Å². The minimum atomic E-state index is -3.39. The first-order valence-corrected chi connectivity index (χ1v) is 8.37. The van der Waals surface area contributed by atoms with E-state index < -0.39 is 26.5 Å². The van der Waals surface area contributed by atoms with Gasteiger partial charge in [-0.1, -0.05) is 0 Å². The molecule has 1 N–H and O–H groups in total. The number of aliphatic hydroxyl groups is 1. The van der Waals surface area contributed by atoms with Crippen molar-refractivity contribution >= 4 is 20.8 Å². The molecule has 20 heavy (non-hydrogen) atoms. The van der Waals surface area contributed by atoms with Crippen LogP contribution in [0.1, 0.15) is 25.0 Å². The summed E-state index contributed by atoms with van der Waals surface area (Å²) in [6.45, 7) is 0. The third-order valence-electron chi connectivity index (χ3n) is 3.98. The quantitative estimate of drug-likeness (QED) is 0.924. The van der Waals surface area contributed by atoms with Crippen molar-refractivity contribution in [1.29, 1.82) is 0 Å². The number of hydrogen-bond donors (Lipinski definition) is 1. The highest BCUT2D eigenvalue weighted by atomic mass is 32.2. The topological polar surface area (TPSA) is 67.5 Å². The summed E-state index contributed by atoms with van der Waals surface area (Å²) in [5.74, 6) is -0.200. The van der Waals surface area contributed by atoms with E-state index in [1.807, 2.05) is 0 Å². The van der Waals surface area contributed by atoms with Gasteiger partial charge in [0, 0.05) is 11.6 Å². The van der Waals surface area contributed by atoms with Gasteiger partial charge in [0.15, 0.2) is 9.84 Å². The van der Waals surface area contributed by atoms with Gasteiger partial charge in [0.05, 0.1) is 5.25 Å². The molecular formula is C14H15FO4S. The molecule has 0 bridgehead atoms. The Hall–Kier alpha value is -1.40. The van der Waals surface area contributed by atoms with Crippen molar-refractivity contribution < 1.29 is 22.3 Å². The van der Waals surface area contributed by atoms with Crippen LogP contribution in [-0.2, 0) is 15.4 Å². The lowest BCUT2D eigenvalue weighted by atomic mass is 9.98. The monoisotopic (exact) mass is 298 g/mol. The molecule has 2 unspecified atom stereocenters. The van der Waals surface area contributed by atoms with Crippen molar-refractivity contribution in [2.75, 3.05) is 6.26 Å². The van der Waals surface area contributed by atoms with E-state index in [9.17, 15) is 17.9 Å². The molecule has 0 aliphatic heterocycles. The van der Waals surface area contributed by atoms with Crippen LogP contribution in [-0.4, -0.2) is 25.0 Å². The Morgan fingerprint density at radius 3 is 2.85 bits per heavy atom. The van der Waals surface area contributed by atoms with Crippen LogP contribution in [0, 0.1) is 5.82 Å². The van der Waals surface area contributed by atoms with Gasteiger partial charge in [0.2, 0.25) is 0 Å². The average Bonchev–Trinajstić information content (AvgIpc) is 2.92. The highest BCUT2D eigenvalue weighted by Gasteiger charge is 2.50. The first kappa shape index (κ1) is 13.6. The SMILES string of the molecule is CS(=O)(=O)C1CCCC1(O)c1cc2cc(F)ccc2o1. The van der Waals surface area contributed by atoms with Gasteiger partial charge in [0.1, 0.15) is 22.8 Å². The summed E-state index contributed by atoms with van der Waals surface area (Å²) in [5, 5.41) is 10.4. The van der Waals surface area contributed by atoms with E-state index in [0.717, 1.165) is 6.26 Å². The zero-order valence-corrected chi connectivity index (χ0v) is 11.8. The Kier molecular flexibility index (Phi) is 2.92. The normalized spacial score (nSPS) is 27.2. The second-order valence-corrected chi connectivity index (χ2v) is 7.66. The third kappa shape index (κ3) is 2.03. The van der Waals surface area contributed by atoms with Gasteiger partial charge in [-0.25, -0.2) is 12.8 Å². The molecule has 1 aromatic carbocycles. The molecule has 1 saturated carbocycles. The van der Waals surface area contributed by atoms with Gasteiger partial charge < -0.3 is 9.52 Å². The lowest BCUT2D eigenvalue weighted by Crippen LogP contribution is -2.39. The minimum Gasteiger partial charge on any atom is -0.458 e. The van der Waals surface area contributed by atoms with Crippen LogP contribution in [0.15, 0.2) is 28.7 Å². The van der Waals surface area contributed by atoms with E-state index in [0.29, 0.717) is 30.2 Å². The second kappa shape index (κ2) is 4.30. The summed E-state index contributed by atoms with van der Waals surface area (Å²) in [4.78, 5) is 0. The fraction of sp³-hybridized carbons (Fsp3) is 0.429. The van der Waals surface area contributed by atoms with Gasteiger partial charge in [-0.15, -0.1) is 0 Å². The van der Waals surface area contributed by atoms with Crippen LogP contribution < -0.4 is 0 Å². The molecule has 1 aromatic heterocycles. The van der Waals surface area contributed by atoms with Crippen molar-refractivity contribution in [3.63, 3.8) is 0 Å². The van der Waals surface area contributed by atoms with E-state index >= 15 is 0 Å².